The van der Waals surface area contributed by atoms with Gasteiger partial charge in [0.05, 0.1) is 18.0 Å². The molecule has 6 nitrogen and oxygen atoms in total. The second-order valence-electron chi connectivity index (χ2n) is 8.33. The maximum absolute atomic E-state index is 12.9. The number of hydrogen-bond donors (Lipinski definition) is 2. The molecule has 27 heavy (non-hydrogen) atoms. The van der Waals surface area contributed by atoms with Crippen LogP contribution in [0.1, 0.15) is 39.5 Å². The van der Waals surface area contributed by atoms with Gasteiger partial charge in [-0.1, -0.05) is 13.8 Å². The Kier molecular flexibility index (Phi) is 6.55. The summed E-state index contributed by atoms with van der Waals surface area (Å²) in [6.07, 6.45) is 4.69. The van der Waals surface area contributed by atoms with Gasteiger partial charge in [0.1, 0.15) is 0 Å². The van der Waals surface area contributed by atoms with Gasteiger partial charge < -0.3 is 10.2 Å². The van der Waals surface area contributed by atoms with Crippen LogP contribution in [0.25, 0.3) is 0 Å². The molecule has 3 rings (SSSR count). The lowest BCUT2D eigenvalue weighted by Gasteiger charge is -2.34. The molecule has 0 aromatic heterocycles. The van der Waals surface area contributed by atoms with E-state index in [0.29, 0.717) is 42.1 Å². The summed E-state index contributed by atoms with van der Waals surface area (Å²) < 4.78 is 27.4. The number of carbonyl (C=O) groups is 1. The van der Waals surface area contributed by atoms with Crippen molar-refractivity contribution in [2.75, 3.05) is 38.0 Å². The number of rotatable bonds is 5. The van der Waals surface area contributed by atoms with Gasteiger partial charge >= 0.3 is 0 Å². The van der Waals surface area contributed by atoms with E-state index in [1.807, 2.05) is 0 Å². The number of anilines is 1. The van der Waals surface area contributed by atoms with Crippen molar-refractivity contribution in [2.24, 2.45) is 11.8 Å². The fourth-order valence-corrected chi connectivity index (χ4v) is 6.00. The molecule has 1 aromatic rings. The summed E-state index contributed by atoms with van der Waals surface area (Å²) in [5.41, 5.74) is 0.649. The normalized spacial score (nSPS) is 25.3. The Morgan fingerprint density at radius 2 is 1.67 bits per heavy atom. The fraction of sp³-hybridized carbons (Fsp3) is 0.650. The van der Waals surface area contributed by atoms with Crippen molar-refractivity contribution < 1.29 is 18.1 Å². The topological polar surface area (TPSA) is 70.9 Å². The number of sulfonamides is 1. The Balaban J connectivity index is 1.61. The number of benzene rings is 1. The van der Waals surface area contributed by atoms with Crippen LogP contribution in [0.4, 0.5) is 5.69 Å². The van der Waals surface area contributed by atoms with Crippen LogP contribution < -0.4 is 10.2 Å². The largest absolute Gasteiger partial charge is 0.327 e. The molecule has 0 radical (unpaired) electrons. The molecule has 0 saturated carbocycles. The van der Waals surface area contributed by atoms with E-state index in [4.69, 9.17) is 0 Å². The molecule has 2 heterocycles. The van der Waals surface area contributed by atoms with E-state index >= 15 is 0 Å². The molecular formula is C20H32N3O3S+. The Bertz CT molecular complexity index is 732. The Morgan fingerprint density at radius 1 is 1.07 bits per heavy atom. The van der Waals surface area contributed by atoms with Crippen molar-refractivity contribution in [1.29, 1.82) is 0 Å². The maximum atomic E-state index is 12.9. The first-order valence-electron chi connectivity index (χ1n) is 10.1. The molecule has 2 atom stereocenters. The summed E-state index contributed by atoms with van der Waals surface area (Å²) >= 11 is 0. The Labute approximate surface area is 163 Å². The highest BCUT2D eigenvalue weighted by atomic mass is 32.2. The summed E-state index contributed by atoms with van der Waals surface area (Å²) in [4.78, 5) is 13.8. The zero-order valence-electron chi connectivity index (χ0n) is 16.4. The van der Waals surface area contributed by atoms with Gasteiger partial charge in [-0.2, -0.15) is 4.31 Å². The van der Waals surface area contributed by atoms with E-state index in [1.54, 1.807) is 28.6 Å². The lowest BCUT2D eigenvalue weighted by molar-refractivity contribution is -0.896. The SMILES string of the molecule is C[C@@H]1C[C@H](C)CN(S(=O)(=O)c2ccc(NC(=O)C[NH+]3CCCCC3)cc2)C1. The standard InChI is InChI=1S/C20H31N3O3S/c1-16-12-17(2)14-23(13-16)27(25,26)19-8-6-18(7-9-19)21-20(24)15-22-10-4-3-5-11-22/h6-9,16-17H,3-5,10-15H2,1-2H3,(H,21,24)/p+1/t16-,17+. The molecule has 1 aromatic carbocycles. The van der Waals surface area contributed by atoms with Gasteiger partial charge in [-0.15, -0.1) is 0 Å². The third-order valence-electron chi connectivity index (χ3n) is 5.58. The number of nitrogens with zero attached hydrogens (tertiary/aromatic N) is 1. The molecular weight excluding hydrogens is 362 g/mol. The highest BCUT2D eigenvalue weighted by Crippen LogP contribution is 2.27. The smallest absolute Gasteiger partial charge is 0.279 e. The van der Waals surface area contributed by atoms with Crippen molar-refractivity contribution >= 4 is 21.6 Å². The van der Waals surface area contributed by atoms with Crippen LogP contribution in [0.5, 0.6) is 0 Å². The van der Waals surface area contributed by atoms with Gasteiger partial charge in [-0.25, -0.2) is 8.42 Å². The molecule has 0 unspecified atom stereocenters. The second-order valence-corrected chi connectivity index (χ2v) is 10.3. The number of amides is 1. The van der Waals surface area contributed by atoms with Gasteiger partial charge in [0.25, 0.3) is 5.91 Å². The Hall–Kier alpha value is -1.44. The first-order chi connectivity index (χ1) is 12.8. The highest BCUT2D eigenvalue weighted by molar-refractivity contribution is 7.89. The number of likely N-dealkylation sites (tertiary alicyclic amines) is 1. The quantitative estimate of drug-likeness (QED) is 0.792. The minimum absolute atomic E-state index is 0.0128. The summed E-state index contributed by atoms with van der Waals surface area (Å²) in [5.74, 6) is 0.736. The van der Waals surface area contributed by atoms with E-state index in [2.05, 4.69) is 19.2 Å². The molecule has 2 saturated heterocycles. The predicted molar refractivity (Wildman–Crippen MR) is 106 cm³/mol. The molecule has 2 aliphatic heterocycles. The zero-order valence-corrected chi connectivity index (χ0v) is 17.2. The molecule has 1 amide bonds. The van der Waals surface area contributed by atoms with Gasteiger partial charge in [-0.3, -0.25) is 4.79 Å². The van der Waals surface area contributed by atoms with E-state index in [-0.39, 0.29) is 5.91 Å². The van der Waals surface area contributed by atoms with Crippen LogP contribution in [0.2, 0.25) is 0 Å². The third-order valence-corrected chi connectivity index (χ3v) is 7.43. The fourth-order valence-electron chi connectivity index (χ4n) is 4.32. The van der Waals surface area contributed by atoms with Crippen molar-refractivity contribution in [2.45, 2.75) is 44.4 Å². The minimum Gasteiger partial charge on any atom is -0.327 e. The van der Waals surface area contributed by atoms with Crippen LogP contribution in [-0.2, 0) is 14.8 Å². The molecule has 0 spiro atoms. The number of nitrogens with one attached hydrogen (secondary N) is 2. The zero-order chi connectivity index (χ0) is 19.4. The molecule has 150 valence electrons. The molecule has 2 N–H and O–H groups in total. The number of piperidine rings is 2. The molecule has 0 aliphatic carbocycles. The summed E-state index contributed by atoms with van der Waals surface area (Å²) in [5, 5.41) is 2.89. The molecule has 0 bridgehead atoms. The third kappa shape index (κ3) is 5.30. The van der Waals surface area contributed by atoms with Gasteiger partial charge in [0.15, 0.2) is 6.54 Å². The lowest BCUT2D eigenvalue weighted by atomic mass is 9.94. The van der Waals surface area contributed by atoms with Crippen LogP contribution >= 0.6 is 0 Å². The maximum Gasteiger partial charge on any atom is 0.279 e. The van der Waals surface area contributed by atoms with Crippen molar-refractivity contribution in [1.82, 2.24) is 4.31 Å². The predicted octanol–water partition coefficient (Wildman–Crippen LogP) is 1.36. The van der Waals surface area contributed by atoms with E-state index < -0.39 is 10.0 Å². The Morgan fingerprint density at radius 3 is 2.26 bits per heavy atom. The first kappa shape index (κ1) is 20.3. The number of carbonyl (C=O) groups excluding carboxylic acids is 1. The molecule has 2 fully saturated rings. The van der Waals surface area contributed by atoms with Crippen LogP contribution in [0, 0.1) is 11.8 Å². The molecule has 2 aliphatic rings. The van der Waals surface area contributed by atoms with Crippen molar-refractivity contribution in [3.05, 3.63) is 24.3 Å². The minimum atomic E-state index is -3.48. The monoisotopic (exact) mass is 394 g/mol. The van der Waals surface area contributed by atoms with Crippen LogP contribution in [-0.4, -0.2) is 51.4 Å². The summed E-state index contributed by atoms with van der Waals surface area (Å²) in [6, 6.07) is 6.57. The number of hydrogen-bond acceptors (Lipinski definition) is 3. The highest BCUT2D eigenvalue weighted by Gasteiger charge is 2.31. The second kappa shape index (κ2) is 8.71. The average molecular weight is 395 g/mol. The summed E-state index contributed by atoms with van der Waals surface area (Å²) in [7, 11) is -3.48. The summed E-state index contributed by atoms with van der Waals surface area (Å²) in [6.45, 7) is 7.92. The van der Waals surface area contributed by atoms with Gasteiger partial charge in [-0.05, 0) is 61.8 Å². The first-order valence-corrected chi connectivity index (χ1v) is 11.5. The van der Waals surface area contributed by atoms with Gasteiger partial charge in [0.2, 0.25) is 10.0 Å². The van der Waals surface area contributed by atoms with E-state index in [9.17, 15) is 13.2 Å². The van der Waals surface area contributed by atoms with Crippen molar-refractivity contribution in [3.63, 3.8) is 0 Å². The lowest BCUT2D eigenvalue weighted by Crippen LogP contribution is -3.13. The van der Waals surface area contributed by atoms with E-state index in [1.165, 1.54) is 24.2 Å². The molecule has 7 heteroatoms. The average Bonchev–Trinajstić information content (AvgIpc) is 2.62. The van der Waals surface area contributed by atoms with Crippen LogP contribution in [0.3, 0.4) is 0 Å². The van der Waals surface area contributed by atoms with Crippen LogP contribution in [0.15, 0.2) is 29.2 Å². The van der Waals surface area contributed by atoms with E-state index in [0.717, 1.165) is 19.5 Å². The van der Waals surface area contributed by atoms with Crippen molar-refractivity contribution in [3.8, 4) is 0 Å². The number of quaternary nitrogens is 1. The van der Waals surface area contributed by atoms with Gasteiger partial charge in [0, 0.05) is 18.8 Å².